The second-order valence-electron chi connectivity index (χ2n) is 10.4. The van der Waals surface area contributed by atoms with Crippen LogP contribution in [0.3, 0.4) is 0 Å². The highest BCUT2D eigenvalue weighted by atomic mass is 127. The first kappa shape index (κ1) is 33.3. The van der Waals surface area contributed by atoms with Crippen molar-refractivity contribution in [3.05, 3.63) is 150 Å². The van der Waals surface area contributed by atoms with Gasteiger partial charge < -0.3 is 9.47 Å². The second-order valence-corrected chi connectivity index (χ2v) is 13.6. The fourth-order valence-corrected chi connectivity index (χ4v) is 8.55. The normalized spacial score (nSPS) is 14.0. The molecular formula is C39H40IO3P. The van der Waals surface area contributed by atoms with Crippen molar-refractivity contribution < 1.29 is 14.3 Å². The summed E-state index contributed by atoms with van der Waals surface area (Å²) in [6, 6.07) is 45.5. The van der Waals surface area contributed by atoms with Crippen LogP contribution in [0.5, 0.6) is 11.5 Å². The van der Waals surface area contributed by atoms with Crippen LogP contribution >= 0.6 is 29.5 Å². The molecule has 0 saturated heterocycles. The van der Waals surface area contributed by atoms with Crippen molar-refractivity contribution >= 4 is 57.5 Å². The van der Waals surface area contributed by atoms with Gasteiger partial charge in [-0.1, -0.05) is 132 Å². The number of benzene rings is 5. The molecular weight excluding hydrogens is 674 g/mol. The summed E-state index contributed by atoms with van der Waals surface area (Å²) in [6.07, 6.45) is 7.49. The number of aryl methyl sites for hydroxylation is 1. The first-order valence-corrected chi connectivity index (χ1v) is 18.8. The molecule has 0 amide bonds. The highest BCUT2D eigenvalue weighted by Gasteiger charge is 2.27. The van der Waals surface area contributed by atoms with Crippen molar-refractivity contribution in [3.63, 3.8) is 0 Å². The maximum Gasteiger partial charge on any atom is 0.170 e. The Morgan fingerprint density at radius 2 is 1.11 bits per heavy atom. The fourth-order valence-electron chi connectivity index (χ4n) is 5.61. The number of carbonyl (C=O) groups is 1. The first-order valence-electron chi connectivity index (χ1n) is 14.7. The molecule has 1 unspecified atom stereocenters. The summed E-state index contributed by atoms with van der Waals surface area (Å²) in [6.45, 7) is -1.78. The molecule has 0 heterocycles. The molecule has 0 fully saturated rings. The van der Waals surface area contributed by atoms with Crippen LogP contribution in [0.25, 0.3) is 0 Å². The van der Waals surface area contributed by atoms with E-state index in [-0.39, 0.29) is 11.7 Å². The minimum absolute atomic E-state index is 0.0689. The summed E-state index contributed by atoms with van der Waals surface area (Å²) in [7, 11) is 3.30. The number of hydrogen-bond donors (Lipinski definition) is 0. The van der Waals surface area contributed by atoms with Gasteiger partial charge in [-0.05, 0) is 88.5 Å². The number of alkyl halides is 1. The summed E-state index contributed by atoms with van der Waals surface area (Å²) in [5, 5.41) is 3.95. The molecule has 0 aliphatic heterocycles. The van der Waals surface area contributed by atoms with Crippen molar-refractivity contribution in [3.8, 4) is 11.5 Å². The average molecular weight is 715 g/mol. The molecule has 0 aromatic heterocycles. The highest BCUT2D eigenvalue weighted by molar-refractivity contribution is 14.1. The third-order valence-electron chi connectivity index (χ3n) is 7.94. The number of hydrogen-bond acceptors (Lipinski definition) is 3. The molecule has 6 rings (SSSR count). The zero-order valence-corrected chi connectivity index (χ0v) is 28.7. The van der Waals surface area contributed by atoms with E-state index in [9.17, 15) is 4.79 Å². The topological polar surface area (TPSA) is 35.5 Å². The van der Waals surface area contributed by atoms with Crippen LogP contribution in [0.2, 0.25) is 0 Å². The monoisotopic (exact) mass is 714 g/mol. The lowest BCUT2D eigenvalue weighted by atomic mass is 9.88. The smallest absolute Gasteiger partial charge is 0.170 e. The number of carbonyl (C=O) groups excluding carboxylic acids is 1. The van der Waals surface area contributed by atoms with Crippen molar-refractivity contribution in [2.45, 2.75) is 25.2 Å². The number of fused-ring (bicyclic) bond motifs is 1. The standard InChI is InChI=1S/C19H20O3.C19H17P.CH3I/c1-21-15-8-6-13(7-9-15)17-5-3-4-14-12-16(22-2)10-11-18(14)19(17)20;1-20(17-11-5-2-6-12-17,18-13-7-3-8-14-18)19-15-9-4-10-16-19;1-2/h6-12,17H,3-5H2,1-2H3;2-16H,1H2;1H3. The van der Waals surface area contributed by atoms with E-state index in [2.05, 4.69) is 114 Å². The van der Waals surface area contributed by atoms with Gasteiger partial charge in [0.25, 0.3) is 0 Å². The van der Waals surface area contributed by atoms with Gasteiger partial charge in [0.05, 0.1) is 14.2 Å². The molecule has 0 N–H and O–H groups in total. The second kappa shape index (κ2) is 16.5. The number of rotatable bonds is 6. The summed E-state index contributed by atoms with van der Waals surface area (Å²) in [4.78, 5) is 14.9. The lowest BCUT2D eigenvalue weighted by Gasteiger charge is -2.26. The van der Waals surface area contributed by atoms with Crippen LogP contribution in [0.15, 0.2) is 133 Å². The summed E-state index contributed by atoms with van der Waals surface area (Å²) in [5.74, 6) is 1.77. The van der Waals surface area contributed by atoms with E-state index < -0.39 is 6.89 Å². The third kappa shape index (κ3) is 7.72. The summed E-state index contributed by atoms with van der Waals surface area (Å²) in [5.41, 5.74) is 2.99. The molecule has 44 heavy (non-hydrogen) atoms. The molecule has 0 bridgehead atoms. The van der Waals surface area contributed by atoms with Crippen LogP contribution in [-0.2, 0) is 6.42 Å². The van der Waals surface area contributed by atoms with Gasteiger partial charge in [0.15, 0.2) is 5.78 Å². The number of ether oxygens (including phenoxy) is 2. The molecule has 5 aromatic carbocycles. The molecule has 226 valence electrons. The maximum atomic E-state index is 12.9. The summed E-state index contributed by atoms with van der Waals surface area (Å²) < 4.78 is 10.5. The number of Topliss-reactive ketones (excluding diaryl/α,β-unsaturated/α-hetero) is 1. The Morgan fingerprint density at radius 3 is 1.57 bits per heavy atom. The lowest BCUT2D eigenvalue weighted by molar-refractivity contribution is 0.0957. The third-order valence-corrected chi connectivity index (χ3v) is 11.5. The Balaban J connectivity index is 0.000000191. The summed E-state index contributed by atoms with van der Waals surface area (Å²) >= 11 is 2.15. The Morgan fingerprint density at radius 1 is 0.659 bits per heavy atom. The molecule has 0 radical (unpaired) electrons. The molecule has 1 aliphatic carbocycles. The molecule has 1 aliphatic rings. The van der Waals surface area contributed by atoms with Gasteiger partial charge in [0.1, 0.15) is 11.5 Å². The number of halogens is 1. The number of ketones is 1. The van der Waals surface area contributed by atoms with Gasteiger partial charge in [-0.3, -0.25) is 4.79 Å². The molecule has 1 atom stereocenters. The Kier molecular flexibility index (Phi) is 12.5. The first-order chi connectivity index (χ1) is 21.5. The Hall–Kier alpha value is -3.60. The van der Waals surface area contributed by atoms with E-state index >= 15 is 0 Å². The van der Waals surface area contributed by atoms with Crippen molar-refractivity contribution in [1.29, 1.82) is 0 Å². The number of methoxy groups -OCH3 is 2. The van der Waals surface area contributed by atoms with Crippen molar-refractivity contribution in [2.75, 3.05) is 19.2 Å². The molecule has 0 saturated carbocycles. The molecule has 5 heteroatoms. The average Bonchev–Trinajstić information content (AvgIpc) is 3.28. The van der Waals surface area contributed by atoms with Crippen LogP contribution in [0.4, 0.5) is 0 Å². The van der Waals surface area contributed by atoms with E-state index in [1.54, 1.807) is 14.2 Å². The van der Waals surface area contributed by atoms with E-state index in [1.165, 1.54) is 15.9 Å². The van der Waals surface area contributed by atoms with Crippen LogP contribution < -0.4 is 25.4 Å². The quantitative estimate of drug-likeness (QED) is 0.0767. The van der Waals surface area contributed by atoms with Gasteiger partial charge >= 0.3 is 0 Å². The lowest BCUT2D eigenvalue weighted by Crippen LogP contribution is -2.25. The van der Waals surface area contributed by atoms with Crippen LogP contribution in [0.1, 0.15) is 40.2 Å². The van der Waals surface area contributed by atoms with Gasteiger partial charge in [-0.2, -0.15) is 0 Å². The molecule has 3 nitrogen and oxygen atoms in total. The van der Waals surface area contributed by atoms with Crippen molar-refractivity contribution in [1.82, 2.24) is 0 Å². The van der Waals surface area contributed by atoms with Crippen LogP contribution in [-0.4, -0.2) is 31.2 Å². The maximum absolute atomic E-state index is 12.9. The molecule has 0 spiro atoms. The van der Waals surface area contributed by atoms with E-state index in [0.29, 0.717) is 0 Å². The Bertz CT molecular complexity index is 1550. The predicted molar refractivity (Wildman–Crippen MR) is 198 cm³/mol. The Labute approximate surface area is 276 Å². The largest absolute Gasteiger partial charge is 0.497 e. The van der Waals surface area contributed by atoms with E-state index in [1.807, 2.05) is 47.4 Å². The van der Waals surface area contributed by atoms with Gasteiger partial charge in [-0.25, -0.2) is 0 Å². The van der Waals surface area contributed by atoms with E-state index in [4.69, 9.17) is 15.8 Å². The highest BCUT2D eigenvalue weighted by Crippen LogP contribution is 2.41. The zero-order chi connectivity index (χ0) is 31.4. The zero-order valence-electron chi connectivity index (χ0n) is 25.7. The fraction of sp³-hybridized carbons (Fsp3) is 0.179. The van der Waals surface area contributed by atoms with Gasteiger partial charge in [0.2, 0.25) is 0 Å². The molecule has 5 aromatic rings. The van der Waals surface area contributed by atoms with Gasteiger partial charge in [-0.15, -0.1) is 0 Å². The minimum atomic E-state index is -1.78. The predicted octanol–water partition coefficient (Wildman–Crippen LogP) is 8.47. The van der Waals surface area contributed by atoms with Crippen molar-refractivity contribution in [2.24, 2.45) is 0 Å². The minimum Gasteiger partial charge on any atom is -0.497 e. The van der Waals surface area contributed by atoms with E-state index in [0.717, 1.165) is 47.5 Å². The SMILES string of the molecule is C=P(c1ccccc1)(c1ccccc1)c1ccccc1.CI.COc1ccc(C2CCCc3cc(OC)ccc3C2=O)cc1. The van der Waals surface area contributed by atoms with Gasteiger partial charge in [0, 0.05) is 11.5 Å². The van der Waals surface area contributed by atoms with Crippen LogP contribution in [0, 0.1) is 0 Å².